The lowest BCUT2D eigenvalue weighted by Gasteiger charge is -2.23. The Bertz CT molecular complexity index is 139. The lowest BCUT2D eigenvalue weighted by atomic mass is 10.1. The number of rotatable bonds is 2. The third-order valence-electron chi connectivity index (χ3n) is 1.20. The van der Waals surface area contributed by atoms with Gasteiger partial charge in [0.05, 0.1) is 0 Å². The van der Waals surface area contributed by atoms with Crippen LogP contribution < -0.4 is 5.32 Å². The number of aliphatic hydroxyl groups is 1. The van der Waals surface area contributed by atoms with E-state index in [0.717, 1.165) is 0 Å². The maximum absolute atomic E-state index is 11.7. The molecule has 2 N–H and O–H groups in total. The number of β-amino-alcohol motifs (C(OH)–C–C–N with tert-alkyl or cyclic N) is 1. The Morgan fingerprint density at radius 3 is 1.92 bits per heavy atom. The van der Waals surface area contributed by atoms with Crippen molar-refractivity contribution in [2.24, 2.45) is 0 Å². The molecule has 0 amide bonds. The molecule has 0 saturated carbocycles. The molecule has 74 valence electrons. The Morgan fingerprint density at radius 2 is 1.67 bits per heavy atom. The largest absolute Gasteiger partial charge is 0.415 e. The second-order valence-electron chi connectivity index (χ2n) is 3.69. The summed E-state index contributed by atoms with van der Waals surface area (Å²) in [5, 5.41) is 11.1. The molecule has 1 unspecified atom stereocenters. The van der Waals surface area contributed by atoms with Crippen LogP contribution in [0.5, 0.6) is 0 Å². The molecule has 0 aliphatic heterocycles. The van der Waals surface area contributed by atoms with Gasteiger partial charge in [-0.2, -0.15) is 13.2 Å². The summed E-state index contributed by atoms with van der Waals surface area (Å²) in [6.07, 6.45) is -6.81. The first-order valence-corrected chi connectivity index (χ1v) is 3.63. The minimum atomic E-state index is -4.53. The lowest BCUT2D eigenvalue weighted by Crippen LogP contribution is -2.45. The van der Waals surface area contributed by atoms with Gasteiger partial charge in [0.2, 0.25) is 0 Å². The fourth-order valence-corrected chi connectivity index (χ4v) is 0.519. The fraction of sp³-hybridized carbons (Fsp3) is 1.00. The van der Waals surface area contributed by atoms with Crippen LogP contribution >= 0.6 is 0 Å². The van der Waals surface area contributed by atoms with E-state index >= 15 is 0 Å². The van der Waals surface area contributed by atoms with Crippen molar-refractivity contribution in [3.05, 3.63) is 0 Å². The number of aliphatic hydroxyl groups excluding tert-OH is 1. The zero-order valence-corrected chi connectivity index (χ0v) is 7.37. The molecule has 0 saturated heterocycles. The Balaban J connectivity index is 3.80. The molecule has 0 aliphatic rings. The van der Waals surface area contributed by atoms with Gasteiger partial charge in [0.15, 0.2) is 6.10 Å². The normalized spacial score (nSPS) is 16.2. The highest BCUT2D eigenvalue weighted by molar-refractivity contribution is 4.75. The third-order valence-corrected chi connectivity index (χ3v) is 1.20. The first-order chi connectivity index (χ1) is 5.13. The van der Waals surface area contributed by atoms with Gasteiger partial charge in [0, 0.05) is 12.1 Å². The van der Waals surface area contributed by atoms with Crippen LogP contribution in [0.25, 0.3) is 0 Å². The van der Waals surface area contributed by atoms with E-state index in [2.05, 4.69) is 5.32 Å². The Kier molecular flexibility index (Phi) is 3.53. The summed E-state index contributed by atoms with van der Waals surface area (Å²) in [6, 6.07) is 0. The highest BCUT2D eigenvalue weighted by Gasteiger charge is 2.38. The quantitative estimate of drug-likeness (QED) is 0.679. The van der Waals surface area contributed by atoms with E-state index < -0.39 is 24.4 Å². The smallest absolute Gasteiger partial charge is 0.382 e. The molecule has 0 aromatic rings. The van der Waals surface area contributed by atoms with Gasteiger partial charge in [-0.1, -0.05) is 0 Å². The van der Waals surface area contributed by atoms with Gasteiger partial charge < -0.3 is 10.4 Å². The number of halogens is 3. The number of hydrogen-bond donors (Lipinski definition) is 2. The third kappa shape index (κ3) is 5.37. The Hall–Kier alpha value is -0.290. The minimum Gasteiger partial charge on any atom is -0.382 e. The maximum atomic E-state index is 11.7. The van der Waals surface area contributed by atoms with Crippen molar-refractivity contribution in [3.63, 3.8) is 0 Å². The molecule has 0 radical (unpaired) electrons. The van der Waals surface area contributed by atoms with Crippen molar-refractivity contribution in [2.45, 2.75) is 38.6 Å². The molecular weight excluding hydrogens is 171 g/mol. The molecule has 0 aromatic heterocycles. The average molecular weight is 185 g/mol. The second kappa shape index (κ2) is 3.62. The second-order valence-corrected chi connectivity index (χ2v) is 3.69. The van der Waals surface area contributed by atoms with E-state index in [1.165, 1.54) is 0 Å². The summed E-state index contributed by atoms with van der Waals surface area (Å²) in [7, 11) is 0. The van der Waals surface area contributed by atoms with Crippen LogP contribution in [-0.2, 0) is 0 Å². The predicted octanol–water partition coefficient (Wildman–Crippen LogP) is 1.30. The summed E-state index contributed by atoms with van der Waals surface area (Å²) in [6.45, 7) is 4.73. The zero-order valence-electron chi connectivity index (χ0n) is 7.37. The Labute approximate surface area is 69.8 Å². The highest BCUT2D eigenvalue weighted by Crippen LogP contribution is 2.19. The van der Waals surface area contributed by atoms with Gasteiger partial charge in [-0.05, 0) is 20.8 Å². The van der Waals surface area contributed by atoms with E-state index in [1.54, 1.807) is 20.8 Å². The van der Waals surface area contributed by atoms with Gasteiger partial charge >= 0.3 is 6.18 Å². The molecule has 1 atom stereocenters. The van der Waals surface area contributed by atoms with Crippen LogP contribution in [0, 0.1) is 0 Å². The SMILES string of the molecule is CC(C)(C)NCC(O)C(F)(F)F. The summed E-state index contributed by atoms with van der Waals surface area (Å²) >= 11 is 0. The Morgan fingerprint density at radius 1 is 1.25 bits per heavy atom. The van der Waals surface area contributed by atoms with Crippen LogP contribution in [0.3, 0.4) is 0 Å². The number of hydrogen-bond acceptors (Lipinski definition) is 2. The summed E-state index contributed by atoms with van der Waals surface area (Å²) in [5.41, 5.74) is -0.410. The number of nitrogens with one attached hydrogen (secondary N) is 1. The monoisotopic (exact) mass is 185 g/mol. The minimum absolute atomic E-state index is 0.410. The molecule has 12 heavy (non-hydrogen) atoms. The van der Waals surface area contributed by atoms with Gasteiger partial charge in [-0.15, -0.1) is 0 Å². The van der Waals surface area contributed by atoms with E-state index in [1.807, 2.05) is 0 Å². The molecule has 0 rings (SSSR count). The molecule has 0 aromatic carbocycles. The van der Waals surface area contributed by atoms with Crippen molar-refractivity contribution >= 4 is 0 Å². The maximum Gasteiger partial charge on any atom is 0.415 e. The van der Waals surface area contributed by atoms with E-state index in [0.29, 0.717) is 0 Å². The van der Waals surface area contributed by atoms with Gasteiger partial charge in [0.25, 0.3) is 0 Å². The van der Waals surface area contributed by atoms with Crippen molar-refractivity contribution < 1.29 is 18.3 Å². The molecule has 0 spiro atoms. The van der Waals surface area contributed by atoms with Crippen molar-refractivity contribution in [2.75, 3.05) is 6.54 Å². The molecular formula is C7H14F3NO. The number of alkyl halides is 3. The van der Waals surface area contributed by atoms with Gasteiger partial charge in [-0.3, -0.25) is 0 Å². The van der Waals surface area contributed by atoms with Gasteiger partial charge in [-0.25, -0.2) is 0 Å². The van der Waals surface area contributed by atoms with Crippen LogP contribution in [-0.4, -0.2) is 29.5 Å². The van der Waals surface area contributed by atoms with E-state index in [4.69, 9.17) is 5.11 Å². The van der Waals surface area contributed by atoms with Crippen LogP contribution in [0.2, 0.25) is 0 Å². The first kappa shape index (κ1) is 11.7. The fourth-order valence-electron chi connectivity index (χ4n) is 0.519. The first-order valence-electron chi connectivity index (χ1n) is 3.63. The summed E-state index contributed by atoms with van der Waals surface area (Å²) in [5.74, 6) is 0. The van der Waals surface area contributed by atoms with Crippen molar-refractivity contribution in [1.29, 1.82) is 0 Å². The topological polar surface area (TPSA) is 32.3 Å². The average Bonchev–Trinajstić information content (AvgIpc) is 1.78. The zero-order chi connectivity index (χ0) is 9.99. The summed E-state index contributed by atoms with van der Waals surface area (Å²) < 4.78 is 35.2. The van der Waals surface area contributed by atoms with Gasteiger partial charge in [0.1, 0.15) is 0 Å². The highest BCUT2D eigenvalue weighted by atomic mass is 19.4. The molecule has 0 bridgehead atoms. The molecule has 0 fully saturated rings. The van der Waals surface area contributed by atoms with Crippen LogP contribution in [0.4, 0.5) is 13.2 Å². The van der Waals surface area contributed by atoms with E-state index in [9.17, 15) is 13.2 Å². The molecule has 5 heteroatoms. The van der Waals surface area contributed by atoms with Crippen LogP contribution in [0.1, 0.15) is 20.8 Å². The van der Waals surface area contributed by atoms with E-state index in [-0.39, 0.29) is 0 Å². The predicted molar refractivity (Wildman–Crippen MR) is 39.8 cm³/mol. The van der Waals surface area contributed by atoms with Crippen molar-refractivity contribution in [3.8, 4) is 0 Å². The standard InChI is InChI=1S/C7H14F3NO/c1-6(2,3)11-4-5(12)7(8,9)10/h5,11-12H,4H2,1-3H3. The lowest BCUT2D eigenvalue weighted by molar-refractivity contribution is -0.202. The van der Waals surface area contributed by atoms with Crippen LogP contribution in [0.15, 0.2) is 0 Å². The summed E-state index contributed by atoms with van der Waals surface area (Å²) in [4.78, 5) is 0. The molecule has 0 aliphatic carbocycles. The van der Waals surface area contributed by atoms with Crippen molar-refractivity contribution in [1.82, 2.24) is 5.32 Å². The molecule has 2 nitrogen and oxygen atoms in total. The molecule has 0 heterocycles.